The van der Waals surface area contributed by atoms with Gasteiger partial charge in [0.1, 0.15) is 17.3 Å². The van der Waals surface area contributed by atoms with Crippen LogP contribution in [0.5, 0.6) is 5.75 Å². The van der Waals surface area contributed by atoms with Crippen LogP contribution in [0.4, 0.5) is 15.8 Å². The van der Waals surface area contributed by atoms with E-state index in [0.717, 1.165) is 4.90 Å². The molecule has 6 nitrogen and oxygen atoms in total. The molecule has 0 unspecified atom stereocenters. The molecule has 0 fully saturated rings. The van der Waals surface area contributed by atoms with Crippen LogP contribution in [0.1, 0.15) is 18.1 Å². The van der Waals surface area contributed by atoms with Gasteiger partial charge in [0.05, 0.1) is 29.5 Å². The SMILES string of the molecule is CCOc1ccc(C2=C(Nc3cccc(F)c3)C(=O)N(c3ccc(C#N)cc3)C2=O)cc1. The zero-order valence-electron chi connectivity index (χ0n) is 17.1. The van der Waals surface area contributed by atoms with Gasteiger partial charge in [-0.3, -0.25) is 9.59 Å². The van der Waals surface area contributed by atoms with Crippen LogP contribution in [-0.4, -0.2) is 18.4 Å². The average Bonchev–Trinajstić information content (AvgIpc) is 3.04. The molecule has 1 aliphatic heterocycles. The van der Waals surface area contributed by atoms with E-state index in [-0.39, 0.29) is 11.3 Å². The molecule has 2 amide bonds. The Kier molecular flexibility index (Phi) is 5.69. The lowest BCUT2D eigenvalue weighted by Gasteiger charge is -2.15. The quantitative estimate of drug-likeness (QED) is 0.586. The number of rotatable bonds is 6. The van der Waals surface area contributed by atoms with Crippen LogP contribution in [0.2, 0.25) is 0 Å². The third-order valence-corrected chi connectivity index (χ3v) is 4.89. The Balaban J connectivity index is 1.78. The number of nitrogens with zero attached hydrogens (tertiary/aromatic N) is 2. The van der Waals surface area contributed by atoms with Crippen molar-refractivity contribution in [3.05, 3.63) is 95.4 Å². The van der Waals surface area contributed by atoms with Gasteiger partial charge in [-0.05, 0) is 67.1 Å². The van der Waals surface area contributed by atoms with Gasteiger partial charge in [-0.15, -0.1) is 0 Å². The molecular formula is C25H18FN3O3. The second kappa shape index (κ2) is 8.74. The fourth-order valence-corrected chi connectivity index (χ4v) is 3.43. The van der Waals surface area contributed by atoms with E-state index in [9.17, 15) is 14.0 Å². The lowest BCUT2D eigenvalue weighted by Crippen LogP contribution is -2.32. The van der Waals surface area contributed by atoms with Gasteiger partial charge in [-0.1, -0.05) is 18.2 Å². The molecule has 1 N–H and O–H groups in total. The van der Waals surface area contributed by atoms with E-state index in [0.29, 0.717) is 34.9 Å². The number of ether oxygens (including phenoxy) is 1. The summed E-state index contributed by atoms with van der Waals surface area (Å²) in [5.74, 6) is -0.938. The first-order valence-electron chi connectivity index (χ1n) is 9.91. The number of nitrogens with one attached hydrogen (secondary N) is 1. The molecule has 3 aromatic carbocycles. The summed E-state index contributed by atoms with van der Waals surface area (Å²) in [6.07, 6.45) is 0. The molecule has 0 aliphatic carbocycles. The standard InChI is InChI=1S/C25H18FN3O3/c1-2-32-21-12-8-17(9-13-21)22-23(28-19-5-3-4-18(26)14-19)25(31)29(24(22)30)20-10-6-16(15-27)7-11-20/h3-14,28H,2H2,1H3. The summed E-state index contributed by atoms with van der Waals surface area (Å²) in [7, 11) is 0. The maximum Gasteiger partial charge on any atom is 0.282 e. The van der Waals surface area contributed by atoms with Gasteiger partial charge in [0, 0.05) is 5.69 Å². The largest absolute Gasteiger partial charge is 0.494 e. The van der Waals surface area contributed by atoms with Crippen LogP contribution in [0.25, 0.3) is 5.57 Å². The molecule has 0 aromatic heterocycles. The smallest absolute Gasteiger partial charge is 0.282 e. The summed E-state index contributed by atoms with van der Waals surface area (Å²) in [6.45, 7) is 2.37. The summed E-state index contributed by atoms with van der Waals surface area (Å²) < 4.78 is 19.2. The molecule has 0 saturated heterocycles. The maximum absolute atomic E-state index is 13.7. The predicted molar refractivity (Wildman–Crippen MR) is 118 cm³/mol. The Hall–Kier alpha value is -4.44. The molecule has 0 atom stereocenters. The van der Waals surface area contributed by atoms with E-state index < -0.39 is 17.6 Å². The highest BCUT2D eigenvalue weighted by molar-refractivity contribution is 6.46. The summed E-state index contributed by atoms with van der Waals surface area (Å²) in [5, 5.41) is 11.9. The van der Waals surface area contributed by atoms with Gasteiger partial charge in [0.15, 0.2) is 0 Å². The van der Waals surface area contributed by atoms with Crippen molar-refractivity contribution in [1.29, 1.82) is 5.26 Å². The van der Waals surface area contributed by atoms with E-state index in [1.54, 1.807) is 30.3 Å². The van der Waals surface area contributed by atoms with E-state index in [1.807, 2.05) is 13.0 Å². The third-order valence-electron chi connectivity index (χ3n) is 4.89. The van der Waals surface area contributed by atoms with Gasteiger partial charge >= 0.3 is 0 Å². The number of benzene rings is 3. The molecule has 158 valence electrons. The van der Waals surface area contributed by atoms with E-state index >= 15 is 0 Å². The van der Waals surface area contributed by atoms with Gasteiger partial charge in [0.2, 0.25) is 0 Å². The first-order valence-corrected chi connectivity index (χ1v) is 9.91. The summed E-state index contributed by atoms with van der Waals surface area (Å²) >= 11 is 0. The summed E-state index contributed by atoms with van der Waals surface area (Å²) in [6, 6.07) is 20.6. The summed E-state index contributed by atoms with van der Waals surface area (Å²) in [4.78, 5) is 27.7. The molecule has 0 saturated carbocycles. The van der Waals surface area contributed by atoms with Crippen LogP contribution >= 0.6 is 0 Å². The maximum atomic E-state index is 13.7. The minimum absolute atomic E-state index is 0.0362. The van der Waals surface area contributed by atoms with Gasteiger partial charge in [-0.2, -0.15) is 5.26 Å². The number of carbonyl (C=O) groups excluding carboxylic acids is 2. The lowest BCUT2D eigenvalue weighted by molar-refractivity contribution is -0.120. The molecule has 1 aliphatic rings. The number of hydrogen-bond acceptors (Lipinski definition) is 5. The Bertz CT molecular complexity index is 1260. The zero-order valence-corrected chi connectivity index (χ0v) is 17.1. The third kappa shape index (κ3) is 3.94. The average molecular weight is 427 g/mol. The zero-order chi connectivity index (χ0) is 22.7. The second-order valence-corrected chi connectivity index (χ2v) is 6.95. The number of hydrogen-bond donors (Lipinski definition) is 1. The van der Waals surface area contributed by atoms with Crippen molar-refractivity contribution in [2.75, 3.05) is 16.8 Å². The van der Waals surface area contributed by atoms with Crippen molar-refractivity contribution in [2.45, 2.75) is 6.92 Å². The van der Waals surface area contributed by atoms with Crippen molar-refractivity contribution in [3.8, 4) is 11.8 Å². The van der Waals surface area contributed by atoms with Gasteiger partial charge in [0.25, 0.3) is 11.8 Å². The Morgan fingerprint density at radius 1 is 1.00 bits per heavy atom. The van der Waals surface area contributed by atoms with Crippen molar-refractivity contribution < 1.29 is 18.7 Å². The van der Waals surface area contributed by atoms with Crippen molar-refractivity contribution in [3.63, 3.8) is 0 Å². The first-order chi connectivity index (χ1) is 15.5. The number of imide groups is 1. The highest BCUT2D eigenvalue weighted by Crippen LogP contribution is 2.34. The number of anilines is 2. The minimum atomic E-state index is -0.576. The molecule has 4 rings (SSSR count). The fourth-order valence-electron chi connectivity index (χ4n) is 3.43. The van der Waals surface area contributed by atoms with Crippen LogP contribution in [0, 0.1) is 17.1 Å². The van der Waals surface area contributed by atoms with E-state index in [4.69, 9.17) is 10.00 Å². The van der Waals surface area contributed by atoms with Crippen molar-refractivity contribution in [2.24, 2.45) is 0 Å². The Labute approximate surface area is 184 Å². The highest BCUT2D eigenvalue weighted by atomic mass is 19.1. The first kappa shape index (κ1) is 20.8. The monoisotopic (exact) mass is 427 g/mol. The molecule has 0 bridgehead atoms. The molecule has 3 aromatic rings. The Morgan fingerprint density at radius 3 is 2.34 bits per heavy atom. The lowest BCUT2D eigenvalue weighted by atomic mass is 10.0. The number of nitriles is 1. The molecule has 0 spiro atoms. The number of halogens is 1. The topological polar surface area (TPSA) is 82.4 Å². The normalized spacial score (nSPS) is 13.3. The highest BCUT2D eigenvalue weighted by Gasteiger charge is 2.40. The fraction of sp³-hybridized carbons (Fsp3) is 0.0800. The second-order valence-electron chi connectivity index (χ2n) is 6.95. The van der Waals surface area contributed by atoms with Crippen LogP contribution in [0.3, 0.4) is 0 Å². The predicted octanol–water partition coefficient (Wildman–Crippen LogP) is 4.49. The number of amides is 2. The molecule has 7 heteroatoms. The van der Waals surface area contributed by atoms with Crippen molar-refractivity contribution in [1.82, 2.24) is 0 Å². The summed E-state index contributed by atoms with van der Waals surface area (Å²) in [5.41, 5.74) is 1.79. The van der Waals surface area contributed by atoms with Gasteiger partial charge in [-0.25, -0.2) is 9.29 Å². The van der Waals surface area contributed by atoms with Crippen LogP contribution < -0.4 is 15.0 Å². The van der Waals surface area contributed by atoms with Gasteiger partial charge < -0.3 is 10.1 Å². The van der Waals surface area contributed by atoms with Crippen LogP contribution in [0.15, 0.2) is 78.5 Å². The van der Waals surface area contributed by atoms with Crippen molar-refractivity contribution >= 4 is 28.8 Å². The van der Waals surface area contributed by atoms with E-state index in [1.165, 1.54) is 42.5 Å². The molecular weight excluding hydrogens is 409 g/mol. The Morgan fingerprint density at radius 2 is 1.72 bits per heavy atom. The van der Waals surface area contributed by atoms with E-state index in [2.05, 4.69) is 5.32 Å². The molecule has 32 heavy (non-hydrogen) atoms. The minimum Gasteiger partial charge on any atom is -0.494 e. The number of carbonyl (C=O) groups is 2. The van der Waals surface area contributed by atoms with Crippen LogP contribution in [-0.2, 0) is 9.59 Å². The molecule has 1 heterocycles. The molecule has 0 radical (unpaired) electrons.